The standard InChI is InChI=1S/C12H21N3/c1-11(2)15(3)9-8-13-10-12-6-4-5-7-14-12/h4-7,11,13H,8-10H2,1-3H3. The van der Waals surface area contributed by atoms with Gasteiger partial charge in [-0.05, 0) is 33.0 Å². The third-order valence-corrected chi connectivity index (χ3v) is 2.56. The van der Waals surface area contributed by atoms with Crippen LogP contribution in [0, 0.1) is 0 Å². The van der Waals surface area contributed by atoms with Crippen molar-refractivity contribution >= 4 is 0 Å². The van der Waals surface area contributed by atoms with Crippen LogP contribution in [0.25, 0.3) is 0 Å². The monoisotopic (exact) mass is 207 g/mol. The highest BCUT2D eigenvalue weighted by Crippen LogP contribution is 1.93. The summed E-state index contributed by atoms with van der Waals surface area (Å²) in [5, 5.41) is 3.38. The molecule has 1 rings (SSSR count). The lowest BCUT2D eigenvalue weighted by atomic mass is 10.3. The van der Waals surface area contributed by atoms with E-state index in [4.69, 9.17) is 0 Å². The molecule has 3 nitrogen and oxygen atoms in total. The van der Waals surface area contributed by atoms with Crippen LogP contribution in [-0.4, -0.2) is 36.1 Å². The van der Waals surface area contributed by atoms with Crippen LogP contribution in [0.5, 0.6) is 0 Å². The maximum atomic E-state index is 4.25. The van der Waals surface area contributed by atoms with Gasteiger partial charge in [0.15, 0.2) is 0 Å². The van der Waals surface area contributed by atoms with Crippen molar-refractivity contribution in [3.8, 4) is 0 Å². The van der Waals surface area contributed by atoms with Gasteiger partial charge in [-0.25, -0.2) is 0 Å². The fraction of sp³-hybridized carbons (Fsp3) is 0.583. The Morgan fingerprint density at radius 2 is 2.20 bits per heavy atom. The molecule has 0 aliphatic carbocycles. The van der Waals surface area contributed by atoms with Gasteiger partial charge in [-0.3, -0.25) is 4.98 Å². The Balaban J connectivity index is 2.12. The molecule has 0 atom stereocenters. The summed E-state index contributed by atoms with van der Waals surface area (Å²) in [6, 6.07) is 6.61. The average molecular weight is 207 g/mol. The van der Waals surface area contributed by atoms with E-state index in [0.717, 1.165) is 25.3 Å². The molecule has 1 heterocycles. The van der Waals surface area contributed by atoms with E-state index in [1.807, 2.05) is 24.4 Å². The molecule has 0 fully saturated rings. The van der Waals surface area contributed by atoms with Crippen LogP contribution < -0.4 is 5.32 Å². The first kappa shape index (κ1) is 12.1. The van der Waals surface area contributed by atoms with Gasteiger partial charge in [-0.15, -0.1) is 0 Å². The van der Waals surface area contributed by atoms with E-state index in [-0.39, 0.29) is 0 Å². The fourth-order valence-corrected chi connectivity index (χ4v) is 1.23. The highest BCUT2D eigenvalue weighted by Gasteiger charge is 2.01. The molecule has 0 bridgehead atoms. The van der Waals surface area contributed by atoms with Crippen LogP contribution in [0.3, 0.4) is 0 Å². The maximum Gasteiger partial charge on any atom is 0.0541 e. The number of likely N-dealkylation sites (N-methyl/N-ethyl adjacent to an activating group) is 1. The smallest absolute Gasteiger partial charge is 0.0541 e. The molecule has 0 amide bonds. The summed E-state index contributed by atoms with van der Waals surface area (Å²) in [6.45, 7) is 7.35. The second-order valence-corrected chi connectivity index (χ2v) is 4.07. The summed E-state index contributed by atoms with van der Waals surface area (Å²) in [5.74, 6) is 0. The van der Waals surface area contributed by atoms with Gasteiger partial charge in [0.05, 0.1) is 5.69 Å². The molecule has 3 heteroatoms. The van der Waals surface area contributed by atoms with E-state index in [1.54, 1.807) is 0 Å². The van der Waals surface area contributed by atoms with Crippen molar-refractivity contribution in [3.63, 3.8) is 0 Å². The summed E-state index contributed by atoms with van der Waals surface area (Å²) < 4.78 is 0. The Kier molecular flexibility index (Phi) is 5.29. The first-order valence-electron chi connectivity index (χ1n) is 5.51. The lowest BCUT2D eigenvalue weighted by Gasteiger charge is -2.20. The molecule has 0 aliphatic rings. The number of hydrogen-bond donors (Lipinski definition) is 1. The molecule has 1 aromatic rings. The molecule has 0 saturated carbocycles. The Bertz CT molecular complexity index is 259. The third kappa shape index (κ3) is 4.91. The van der Waals surface area contributed by atoms with Crippen molar-refractivity contribution in [3.05, 3.63) is 30.1 Å². The molecular formula is C12H21N3. The Morgan fingerprint density at radius 3 is 2.80 bits per heavy atom. The lowest BCUT2D eigenvalue weighted by Crippen LogP contribution is -2.33. The van der Waals surface area contributed by atoms with Gasteiger partial charge in [0, 0.05) is 31.9 Å². The van der Waals surface area contributed by atoms with E-state index in [0.29, 0.717) is 6.04 Å². The third-order valence-electron chi connectivity index (χ3n) is 2.56. The number of hydrogen-bond acceptors (Lipinski definition) is 3. The summed E-state index contributed by atoms with van der Waals surface area (Å²) in [4.78, 5) is 6.58. The van der Waals surface area contributed by atoms with Crippen LogP contribution in [0.4, 0.5) is 0 Å². The first-order chi connectivity index (χ1) is 7.20. The highest BCUT2D eigenvalue weighted by atomic mass is 15.1. The Labute approximate surface area is 92.5 Å². The van der Waals surface area contributed by atoms with E-state index < -0.39 is 0 Å². The second kappa shape index (κ2) is 6.53. The van der Waals surface area contributed by atoms with Crippen molar-refractivity contribution in [2.45, 2.75) is 26.4 Å². The minimum Gasteiger partial charge on any atom is -0.310 e. The summed E-state index contributed by atoms with van der Waals surface area (Å²) in [5.41, 5.74) is 1.10. The van der Waals surface area contributed by atoms with Crippen LogP contribution in [0.1, 0.15) is 19.5 Å². The lowest BCUT2D eigenvalue weighted by molar-refractivity contribution is 0.273. The van der Waals surface area contributed by atoms with Crippen LogP contribution in [0.15, 0.2) is 24.4 Å². The van der Waals surface area contributed by atoms with E-state index in [1.165, 1.54) is 0 Å². The highest BCUT2D eigenvalue weighted by molar-refractivity contribution is 5.02. The van der Waals surface area contributed by atoms with Crippen molar-refractivity contribution in [2.24, 2.45) is 0 Å². The molecular weight excluding hydrogens is 186 g/mol. The molecule has 0 aromatic carbocycles. The van der Waals surface area contributed by atoms with Crippen molar-refractivity contribution in [2.75, 3.05) is 20.1 Å². The topological polar surface area (TPSA) is 28.2 Å². The molecule has 0 saturated heterocycles. The van der Waals surface area contributed by atoms with Gasteiger partial charge in [0.1, 0.15) is 0 Å². The van der Waals surface area contributed by atoms with Gasteiger partial charge in [0.2, 0.25) is 0 Å². The molecule has 1 aromatic heterocycles. The van der Waals surface area contributed by atoms with Crippen LogP contribution >= 0.6 is 0 Å². The molecule has 15 heavy (non-hydrogen) atoms. The predicted molar refractivity (Wildman–Crippen MR) is 63.7 cm³/mol. The number of rotatable bonds is 6. The molecule has 0 spiro atoms. The quantitative estimate of drug-likeness (QED) is 0.717. The first-order valence-corrected chi connectivity index (χ1v) is 5.51. The molecule has 0 radical (unpaired) electrons. The zero-order valence-corrected chi connectivity index (χ0v) is 9.90. The number of nitrogens with one attached hydrogen (secondary N) is 1. The summed E-state index contributed by atoms with van der Waals surface area (Å²) in [6.07, 6.45) is 1.83. The molecule has 1 N–H and O–H groups in total. The zero-order chi connectivity index (χ0) is 11.1. The van der Waals surface area contributed by atoms with Crippen LogP contribution in [0.2, 0.25) is 0 Å². The largest absolute Gasteiger partial charge is 0.310 e. The average Bonchev–Trinajstić information content (AvgIpc) is 2.25. The zero-order valence-electron chi connectivity index (χ0n) is 9.90. The Hall–Kier alpha value is -0.930. The minimum absolute atomic E-state index is 0.613. The van der Waals surface area contributed by atoms with E-state index >= 15 is 0 Å². The number of aromatic nitrogens is 1. The van der Waals surface area contributed by atoms with Gasteiger partial charge in [0.25, 0.3) is 0 Å². The number of nitrogens with zero attached hydrogens (tertiary/aromatic N) is 2. The van der Waals surface area contributed by atoms with Crippen LogP contribution in [-0.2, 0) is 6.54 Å². The predicted octanol–water partition coefficient (Wildman–Crippen LogP) is 1.51. The second-order valence-electron chi connectivity index (χ2n) is 4.07. The van der Waals surface area contributed by atoms with Crippen molar-refractivity contribution in [1.29, 1.82) is 0 Å². The summed E-state index contributed by atoms with van der Waals surface area (Å²) in [7, 11) is 2.15. The van der Waals surface area contributed by atoms with Gasteiger partial charge >= 0.3 is 0 Å². The van der Waals surface area contributed by atoms with Crippen molar-refractivity contribution < 1.29 is 0 Å². The maximum absolute atomic E-state index is 4.25. The van der Waals surface area contributed by atoms with Gasteiger partial charge in [-0.2, -0.15) is 0 Å². The van der Waals surface area contributed by atoms with Gasteiger partial charge < -0.3 is 10.2 Å². The van der Waals surface area contributed by atoms with E-state index in [9.17, 15) is 0 Å². The van der Waals surface area contributed by atoms with E-state index in [2.05, 4.69) is 36.1 Å². The molecule has 0 aliphatic heterocycles. The summed E-state index contributed by atoms with van der Waals surface area (Å²) >= 11 is 0. The molecule has 0 unspecified atom stereocenters. The molecule has 84 valence electrons. The normalized spacial score (nSPS) is 11.3. The Morgan fingerprint density at radius 1 is 1.40 bits per heavy atom. The minimum atomic E-state index is 0.613. The number of pyridine rings is 1. The van der Waals surface area contributed by atoms with Crippen molar-refractivity contribution in [1.82, 2.24) is 15.2 Å². The fourth-order valence-electron chi connectivity index (χ4n) is 1.23. The van der Waals surface area contributed by atoms with Gasteiger partial charge in [-0.1, -0.05) is 6.07 Å². The SMILES string of the molecule is CC(C)N(C)CCNCc1ccccn1.